The molecule has 230 valence electrons. The highest BCUT2D eigenvalue weighted by Crippen LogP contribution is 2.41. The zero-order valence-corrected chi connectivity index (χ0v) is 25.6. The van der Waals surface area contributed by atoms with Crippen LogP contribution >= 0.6 is 11.6 Å². The fourth-order valence-corrected chi connectivity index (χ4v) is 7.61. The predicted molar refractivity (Wildman–Crippen MR) is 172 cm³/mol. The van der Waals surface area contributed by atoms with Crippen molar-refractivity contribution in [2.75, 3.05) is 44.2 Å². The molecular weight excluding hydrogens is 593 g/mol. The van der Waals surface area contributed by atoms with Gasteiger partial charge in [-0.2, -0.15) is 15.2 Å². The molecule has 3 saturated heterocycles. The summed E-state index contributed by atoms with van der Waals surface area (Å²) in [5.74, 6) is 0.420. The average Bonchev–Trinajstić information content (AvgIpc) is 3.58. The molecule has 4 aromatic rings. The largest absolute Gasteiger partial charge is 0.461 e. The first kappa shape index (κ1) is 29.4. The number of fused-ring (bicyclic) bond motifs is 3. The molecule has 11 heteroatoms. The fourth-order valence-electron chi connectivity index (χ4n) is 7.32. The number of piperazine rings is 1. The minimum atomic E-state index is -0.870. The molecule has 2 aromatic heterocycles. The number of alkyl halides is 1. The van der Waals surface area contributed by atoms with Crippen LogP contribution in [0.3, 0.4) is 0 Å². The first-order chi connectivity index (χ1) is 21.9. The molecule has 0 N–H and O–H groups in total. The number of nitriles is 1. The van der Waals surface area contributed by atoms with Gasteiger partial charge in [0.25, 0.3) is 0 Å². The van der Waals surface area contributed by atoms with Crippen molar-refractivity contribution >= 4 is 45.1 Å². The number of anilines is 1. The van der Waals surface area contributed by atoms with Gasteiger partial charge in [-0.3, -0.25) is 9.69 Å². The maximum Gasteiger partial charge on any atom is 0.320 e. The van der Waals surface area contributed by atoms with Gasteiger partial charge in [-0.1, -0.05) is 48.5 Å². The van der Waals surface area contributed by atoms with Gasteiger partial charge in [-0.15, -0.1) is 0 Å². The molecule has 0 aliphatic carbocycles. The molecule has 3 aliphatic rings. The normalized spacial score (nSPS) is 23.3. The second-order valence-electron chi connectivity index (χ2n) is 12.1. The molecule has 0 bridgehead atoms. The topological polar surface area (TPSA) is 98.5 Å². The summed E-state index contributed by atoms with van der Waals surface area (Å²) in [5, 5.41) is 12.8. The van der Waals surface area contributed by atoms with E-state index >= 15 is 0 Å². The van der Waals surface area contributed by atoms with E-state index in [9.17, 15) is 14.4 Å². The molecule has 3 fully saturated rings. The Morgan fingerprint density at radius 3 is 2.80 bits per heavy atom. The van der Waals surface area contributed by atoms with E-state index in [0.717, 1.165) is 41.1 Å². The molecule has 3 aliphatic heterocycles. The van der Waals surface area contributed by atoms with Gasteiger partial charge >= 0.3 is 6.01 Å². The number of halogens is 2. The predicted octanol–water partition coefficient (Wildman–Crippen LogP) is 5.57. The number of hydrogen-bond acceptors (Lipinski definition) is 8. The summed E-state index contributed by atoms with van der Waals surface area (Å²) in [4.78, 5) is 33.2. The van der Waals surface area contributed by atoms with Crippen LogP contribution in [0.1, 0.15) is 25.7 Å². The van der Waals surface area contributed by atoms with E-state index < -0.39 is 6.17 Å². The molecule has 1 amide bonds. The van der Waals surface area contributed by atoms with Gasteiger partial charge in [-0.25, -0.2) is 9.37 Å². The fraction of sp³-hybridized carbons (Fsp3) is 0.382. The van der Waals surface area contributed by atoms with Crippen LogP contribution in [0.2, 0.25) is 5.02 Å². The van der Waals surface area contributed by atoms with Gasteiger partial charge in [0.1, 0.15) is 18.6 Å². The zero-order valence-electron chi connectivity index (χ0n) is 24.8. The first-order valence-corrected chi connectivity index (χ1v) is 15.7. The van der Waals surface area contributed by atoms with Crippen molar-refractivity contribution in [3.05, 3.63) is 66.2 Å². The van der Waals surface area contributed by atoms with Crippen LogP contribution in [0.5, 0.6) is 6.01 Å². The van der Waals surface area contributed by atoms with E-state index in [2.05, 4.69) is 22.4 Å². The molecule has 0 saturated carbocycles. The molecule has 5 heterocycles. The maximum absolute atomic E-state index is 14.5. The monoisotopic (exact) mass is 625 g/mol. The van der Waals surface area contributed by atoms with Gasteiger partial charge in [0.15, 0.2) is 5.65 Å². The number of amides is 1. The third-order valence-corrected chi connectivity index (χ3v) is 9.76. The second kappa shape index (κ2) is 11.9. The number of carbonyl (C=O) groups excluding carboxylic acids is 1. The lowest BCUT2D eigenvalue weighted by Gasteiger charge is -2.41. The van der Waals surface area contributed by atoms with E-state index in [0.29, 0.717) is 54.8 Å². The lowest BCUT2D eigenvalue weighted by atomic mass is 9.95. The van der Waals surface area contributed by atoms with E-state index in [1.54, 1.807) is 4.90 Å². The Hall–Kier alpha value is -4.33. The van der Waals surface area contributed by atoms with Crippen molar-refractivity contribution in [2.24, 2.45) is 0 Å². The Labute approximate surface area is 265 Å². The highest BCUT2D eigenvalue weighted by Gasteiger charge is 2.49. The number of aromatic nitrogens is 3. The third-order valence-electron chi connectivity index (χ3n) is 9.45. The summed E-state index contributed by atoms with van der Waals surface area (Å²) in [6.45, 7) is 6.52. The molecule has 7 rings (SSSR count). The Morgan fingerprint density at radius 2 is 1.98 bits per heavy atom. The summed E-state index contributed by atoms with van der Waals surface area (Å²) in [6, 6.07) is 17.7. The molecular formula is C34H33ClFN7O2. The molecule has 0 spiro atoms. The maximum atomic E-state index is 14.5. The first-order valence-electron chi connectivity index (χ1n) is 15.3. The van der Waals surface area contributed by atoms with Crippen LogP contribution in [0.15, 0.2) is 61.2 Å². The summed E-state index contributed by atoms with van der Waals surface area (Å²) in [6.07, 6.45) is 2.90. The van der Waals surface area contributed by atoms with Crippen LogP contribution in [0.4, 0.5) is 10.2 Å². The lowest BCUT2D eigenvalue weighted by Crippen LogP contribution is -2.55. The molecule has 0 unspecified atom stereocenters. The van der Waals surface area contributed by atoms with E-state index in [4.69, 9.17) is 31.3 Å². The third kappa shape index (κ3) is 5.34. The number of nitrogens with zero attached hydrogens (tertiary/aromatic N) is 7. The van der Waals surface area contributed by atoms with Gasteiger partial charge in [0.2, 0.25) is 5.91 Å². The van der Waals surface area contributed by atoms with E-state index in [1.165, 1.54) is 6.08 Å². The Kier molecular flexibility index (Phi) is 7.76. The Morgan fingerprint density at radius 1 is 1.13 bits per heavy atom. The Bertz CT molecular complexity index is 1840. The molecule has 45 heavy (non-hydrogen) atoms. The van der Waals surface area contributed by atoms with Gasteiger partial charge in [0.05, 0.1) is 35.2 Å². The minimum absolute atomic E-state index is 0.170. The Balaban J connectivity index is 1.30. The standard InChI is InChI=1S/C34H33ClFN7O2/c1-2-29(44)43-17-16-41(20-24(43)12-14-37)32-26-10-11-28(25-8-3-6-22-7-4-9-27(35)30(22)25)38-31(26)39-33(40-32)45-21-34-13-5-15-42(34)19-23(36)18-34/h2-4,6-11,23-24H,1,5,12-13,15-21H2/t23-,24+,34+/m1/s1. The van der Waals surface area contributed by atoms with Crippen LogP contribution < -0.4 is 9.64 Å². The number of rotatable bonds is 7. The molecule has 0 radical (unpaired) electrons. The highest BCUT2D eigenvalue weighted by atomic mass is 35.5. The summed E-state index contributed by atoms with van der Waals surface area (Å²) in [5.41, 5.74) is 1.68. The van der Waals surface area contributed by atoms with Crippen LogP contribution in [-0.2, 0) is 4.79 Å². The van der Waals surface area contributed by atoms with Crippen molar-refractivity contribution in [3.63, 3.8) is 0 Å². The minimum Gasteiger partial charge on any atom is -0.461 e. The second-order valence-corrected chi connectivity index (χ2v) is 12.5. The smallest absolute Gasteiger partial charge is 0.320 e. The summed E-state index contributed by atoms with van der Waals surface area (Å²) >= 11 is 6.66. The van der Waals surface area contributed by atoms with Crippen molar-refractivity contribution in [1.82, 2.24) is 24.8 Å². The van der Waals surface area contributed by atoms with Gasteiger partial charge < -0.3 is 14.5 Å². The quantitative estimate of drug-likeness (QED) is 0.246. The van der Waals surface area contributed by atoms with E-state index in [-0.39, 0.29) is 36.5 Å². The number of carbonyl (C=O) groups is 1. The van der Waals surface area contributed by atoms with E-state index in [1.807, 2.05) is 48.5 Å². The number of hydrogen-bond donors (Lipinski definition) is 0. The van der Waals surface area contributed by atoms with Crippen molar-refractivity contribution in [1.29, 1.82) is 5.26 Å². The van der Waals surface area contributed by atoms with Gasteiger partial charge in [0, 0.05) is 48.6 Å². The number of pyridine rings is 1. The van der Waals surface area contributed by atoms with Gasteiger partial charge in [-0.05, 0) is 49.0 Å². The molecule has 9 nitrogen and oxygen atoms in total. The van der Waals surface area contributed by atoms with Crippen LogP contribution in [0, 0.1) is 11.3 Å². The van der Waals surface area contributed by atoms with Crippen molar-refractivity contribution < 1.29 is 13.9 Å². The highest BCUT2D eigenvalue weighted by molar-refractivity contribution is 6.36. The zero-order chi connectivity index (χ0) is 31.1. The molecule has 2 aromatic carbocycles. The number of benzene rings is 2. The van der Waals surface area contributed by atoms with Crippen molar-refractivity contribution in [3.8, 4) is 23.3 Å². The van der Waals surface area contributed by atoms with Crippen molar-refractivity contribution in [2.45, 2.75) is 43.4 Å². The summed E-state index contributed by atoms with van der Waals surface area (Å²) < 4.78 is 20.8. The number of ether oxygens (including phenoxy) is 1. The average molecular weight is 626 g/mol. The van der Waals surface area contributed by atoms with Crippen LogP contribution in [0.25, 0.3) is 33.1 Å². The lowest BCUT2D eigenvalue weighted by molar-refractivity contribution is -0.128. The molecule has 3 atom stereocenters. The SMILES string of the molecule is C=CC(=O)N1CCN(c2nc(OC[C@@]34CCCN3C[C@H](F)C4)nc3nc(-c4cccc5cccc(Cl)c45)ccc23)C[C@@H]1CC#N. The van der Waals surface area contributed by atoms with Crippen LogP contribution in [-0.4, -0.2) is 87.7 Å². The summed E-state index contributed by atoms with van der Waals surface area (Å²) in [7, 11) is 0.